The topological polar surface area (TPSA) is 29.3 Å². The Morgan fingerprint density at radius 3 is 2.17 bits per heavy atom. The molecule has 0 aliphatic rings. The molecule has 1 aromatic rings. The highest BCUT2D eigenvalue weighted by molar-refractivity contribution is 5.46. The van der Waals surface area contributed by atoms with E-state index in [2.05, 4.69) is 0 Å². The van der Waals surface area contributed by atoms with Gasteiger partial charge in [0.05, 0.1) is 5.92 Å². The number of aryl methyl sites for hydroxylation is 1. The molecular weight excluding hydrogens is 241 g/mol. The zero-order chi connectivity index (χ0) is 13.8. The summed E-state index contributed by atoms with van der Waals surface area (Å²) >= 11 is 0. The Balaban J connectivity index is 2.71. The lowest BCUT2D eigenvalue weighted by Crippen LogP contribution is -2.39. The molecule has 0 aliphatic heterocycles. The van der Waals surface area contributed by atoms with Crippen LogP contribution in [0.5, 0.6) is 0 Å². The van der Waals surface area contributed by atoms with Crippen LogP contribution in [0.2, 0.25) is 0 Å². The molecule has 0 saturated heterocycles. The highest BCUT2D eigenvalue weighted by Gasteiger charge is 2.39. The largest absolute Gasteiger partial charge is 0.394 e. The molecule has 0 saturated carbocycles. The lowest BCUT2D eigenvalue weighted by atomic mass is 10.1. The van der Waals surface area contributed by atoms with Gasteiger partial charge in [-0.15, -0.1) is 0 Å². The minimum Gasteiger partial charge on any atom is -0.374 e. The molecule has 1 atom stereocenters. The van der Waals surface area contributed by atoms with Crippen molar-refractivity contribution in [1.29, 1.82) is 0 Å². The Hall–Kier alpha value is -1.23. The molecule has 0 aromatic heterocycles. The first-order valence-corrected chi connectivity index (χ1v) is 5.95. The fourth-order valence-corrected chi connectivity index (χ4v) is 1.73. The van der Waals surface area contributed by atoms with Gasteiger partial charge in [0.1, 0.15) is 0 Å². The number of rotatable bonds is 5. The second kappa shape index (κ2) is 6.09. The molecule has 18 heavy (non-hydrogen) atoms. The van der Waals surface area contributed by atoms with Crippen LogP contribution in [-0.4, -0.2) is 26.3 Å². The fraction of sp³-hybridized carbons (Fsp3) is 0.538. The van der Waals surface area contributed by atoms with Crippen LogP contribution in [0, 0.1) is 5.92 Å². The molecule has 0 amide bonds. The van der Waals surface area contributed by atoms with Crippen LogP contribution in [-0.2, 0) is 6.42 Å². The molecule has 1 aromatic carbocycles. The van der Waals surface area contributed by atoms with Crippen LogP contribution in [0.3, 0.4) is 0 Å². The molecule has 2 nitrogen and oxygen atoms in total. The first-order valence-electron chi connectivity index (χ1n) is 5.95. The van der Waals surface area contributed by atoms with Gasteiger partial charge in [0.15, 0.2) is 0 Å². The average molecular weight is 260 g/mol. The number of hydrogen-bond donors (Lipinski definition) is 1. The van der Waals surface area contributed by atoms with Gasteiger partial charge in [-0.2, -0.15) is 13.2 Å². The molecule has 1 unspecified atom stereocenters. The SMILES string of the molecule is CCc1ccc(N(C)CC(CN)C(F)(F)F)cc1. The van der Waals surface area contributed by atoms with Gasteiger partial charge in [-0.05, 0) is 24.1 Å². The molecule has 0 radical (unpaired) electrons. The van der Waals surface area contributed by atoms with E-state index in [4.69, 9.17) is 5.73 Å². The molecule has 0 aliphatic carbocycles. The summed E-state index contributed by atoms with van der Waals surface area (Å²) < 4.78 is 37.8. The quantitative estimate of drug-likeness (QED) is 0.882. The van der Waals surface area contributed by atoms with E-state index in [-0.39, 0.29) is 13.1 Å². The van der Waals surface area contributed by atoms with Crippen molar-refractivity contribution in [1.82, 2.24) is 0 Å². The molecule has 0 fully saturated rings. The second-order valence-electron chi connectivity index (χ2n) is 4.37. The standard InChI is InChI=1S/C13H19F3N2/c1-3-10-4-6-12(7-5-10)18(2)9-11(8-17)13(14,15)16/h4-7,11H,3,8-9,17H2,1-2H3. The maximum atomic E-state index is 12.6. The van der Waals surface area contributed by atoms with Crippen LogP contribution >= 0.6 is 0 Å². The number of alkyl halides is 3. The van der Waals surface area contributed by atoms with E-state index in [9.17, 15) is 13.2 Å². The van der Waals surface area contributed by atoms with Crippen molar-refractivity contribution in [3.05, 3.63) is 29.8 Å². The average Bonchev–Trinajstić information content (AvgIpc) is 2.34. The van der Waals surface area contributed by atoms with Gasteiger partial charge < -0.3 is 10.6 Å². The summed E-state index contributed by atoms with van der Waals surface area (Å²) in [5.41, 5.74) is 7.12. The predicted octanol–water partition coefficient (Wildman–Crippen LogP) is 2.82. The highest BCUT2D eigenvalue weighted by atomic mass is 19.4. The van der Waals surface area contributed by atoms with E-state index in [1.165, 1.54) is 5.56 Å². The summed E-state index contributed by atoms with van der Waals surface area (Å²) in [7, 11) is 1.65. The van der Waals surface area contributed by atoms with Crippen molar-refractivity contribution in [3.63, 3.8) is 0 Å². The van der Waals surface area contributed by atoms with Crippen LogP contribution in [0.25, 0.3) is 0 Å². The monoisotopic (exact) mass is 260 g/mol. The maximum Gasteiger partial charge on any atom is 0.394 e. The Morgan fingerprint density at radius 1 is 1.22 bits per heavy atom. The van der Waals surface area contributed by atoms with E-state index < -0.39 is 12.1 Å². The first-order chi connectivity index (χ1) is 8.38. The molecule has 1 rings (SSSR count). The van der Waals surface area contributed by atoms with Crippen molar-refractivity contribution in [2.45, 2.75) is 19.5 Å². The third-order valence-electron chi connectivity index (χ3n) is 3.03. The van der Waals surface area contributed by atoms with Gasteiger partial charge in [0.2, 0.25) is 0 Å². The summed E-state index contributed by atoms with van der Waals surface area (Å²) in [6, 6.07) is 7.53. The molecule has 2 N–H and O–H groups in total. The summed E-state index contributed by atoms with van der Waals surface area (Å²) in [6.45, 7) is 1.53. The van der Waals surface area contributed by atoms with Crippen molar-refractivity contribution < 1.29 is 13.2 Å². The van der Waals surface area contributed by atoms with E-state index in [0.717, 1.165) is 12.1 Å². The third kappa shape index (κ3) is 3.91. The summed E-state index contributed by atoms with van der Waals surface area (Å²) in [6.07, 6.45) is -3.33. The van der Waals surface area contributed by atoms with E-state index >= 15 is 0 Å². The number of benzene rings is 1. The number of halogens is 3. The van der Waals surface area contributed by atoms with Gasteiger partial charge in [-0.25, -0.2) is 0 Å². The van der Waals surface area contributed by atoms with Crippen molar-refractivity contribution in [2.75, 3.05) is 25.0 Å². The maximum absolute atomic E-state index is 12.6. The van der Waals surface area contributed by atoms with Crippen LogP contribution in [0.15, 0.2) is 24.3 Å². The minimum absolute atomic E-state index is 0.120. The smallest absolute Gasteiger partial charge is 0.374 e. The normalized spacial score (nSPS) is 13.4. The van der Waals surface area contributed by atoms with Crippen LogP contribution in [0.4, 0.5) is 18.9 Å². The molecule has 102 valence electrons. The van der Waals surface area contributed by atoms with Crippen LogP contribution in [0.1, 0.15) is 12.5 Å². The number of nitrogens with zero attached hydrogens (tertiary/aromatic N) is 1. The van der Waals surface area contributed by atoms with E-state index in [1.54, 1.807) is 11.9 Å². The summed E-state index contributed by atoms with van der Waals surface area (Å²) in [5, 5.41) is 0. The lowest BCUT2D eigenvalue weighted by Gasteiger charge is -2.26. The molecular formula is C13H19F3N2. The van der Waals surface area contributed by atoms with Crippen molar-refractivity contribution in [2.24, 2.45) is 11.7 Å². The Labute approximate surface area is 106 Å². The zero-order valence-corrected chi connectivity index (χ0v) is 10.7. The van der Waals surface area contributed by atoms with E-state index in [0.29, 0.717) is 0 Å². The van der Waals surface area contributed by atoms with Gasteiger partial charge in [0, 0.05) is 25.8 Å². The Morgan fingerprint density at radius 2 is 1.78 bits per heavy atom. The fourth-order valence-electron chi connectivity index (χ4n) is 1.73. The summed E-state index contributed by atoms with van der Waals surface area (Å²) in [4.78, 5) is 1.59. The summed E-state index contributed by atoms with van der Waals surface area (Å²) in [5.74, 6) is -1.49. The molecule has 5 heteroatoms. The Bertz CT molecular complexity index is 359. The van der Waals surface area contributed by atoms with Gasteiger partial charge in [-0.3, -0.25) is 0 Å². The van der Waals surface area contributed by atoms with Crippen LogP contribution < -0.4 is 10.6 Å². The molecule has 0 spiro atoms. The number of anilines is 1. The Kier molecular flexibility index (Phi) is 5.02. The van der Waals surface area contributed by atoms with Crippen molar-refractivity contribution >= 4 is 5.69 Å². The third-order valence-corrected chi connectivity index (χ3v) is 3.03. The predicted molar refractivity (Wildman–Crippen MR) is 67.7 cm³/mol. The number of hydrogen-bond acceptors (Lipinski definition) is 2. The minimum atomic E-state index is -4.24. The van der Waals surface area contributed by atoms with E-state index in [1.807, 2.05) is 31.2 Å². The highest BCUT2D eigenvalue weighted by Crippen LogP contribution is 2.27. The van der Waals surface area contributed by atoms with Crippen molar-refractivity contribution in [3.8, 4) is 0 Å². The molecule has 0 heterocycles. The molecule has 0 bridgehead atoms. The zero-order valence-electron chi connectivity index (χ0n) is 10.7. The van der Waals surface area contributed by atoms with Gasteiger partial charge in [-0.1, -0.05) is 19.1 Å². The lowest BCUT2D eigenvalue weighted by molar-refractivity contribution is -0.168. The number of nitrogens with two attached hydrogens (primary N) is 1. The first kappa shape index (κ1) is 14.8. The van der Waals surface area contributed by atoms with Gasteiger partial charge in [0.25, 0.3) is 0 Å². The second-order valence-corrected chi connectivity index (χ2v) is 4.37. The van der Waals surface area contributed by atoms with Gasteiger partial charge >= 0.3 is 6.18 Å².